The van der Waals surface area contributed by atoms with Gasteiger partial charge in [-0.2, -0.15) is 0 Å². The predicted octanol–water partition coefficient (Wildman–Crippen LogP) is 1.95. The Morgan fingerprint density at radius 3 is 2.94 bits per heavy atom. The Morgan fingerprint density at radius 1 is 1.44 bits per heavy atom. The zero-order valence-electron chi connectivity index (χ0n) is 9.93. The van der Waals surface area contributed by atoms with E-state index in [2.05, 4.69) is 10.3 Å². The Hall–Kier alpha value is -0.720. The van der Waals surface area contributed by atoms with Gasteiger partial charge in [-0.15, -0.1) is 11.3 Å². The number of halogens is 1. The highest BCUT2D eigenvalue weighted by Crippen LogP contribution is 2.29. The summed E-state index contributed by atoms with van der Waals surface area (Å²) in [6.07, 6.45) is -1.17. The summed E-state index contributed by atoms with van der Waals surface area (Å²) >= 11 is 7.20. The van der Waals surface area contributed by atoms with Crippen molar-refractivity contribution in [2.45, 2.75) is 18.6 Å². The van der Waals surface area contributed by atoms with Crippen LogP contribution in [0.25, 0.3) is 10.2 Å². The van der Waals surface area contributed by atoms with Crippen molar-refractivity contribution in [3.05, 3.63) is 28.2 Å². The summed E-state index contributed by atoms with van der Waals surface area (Å²) in [5.74, 6) is 0. The number of nitrogens with zero attached hydrogens (tertiary/aromatic N) is 1. The maximum Gasteiger partial charge on any atom is 0.184 e. The Labute approximate surface area is 114 Å². The Balaban J connectivity index is 2.19. The summed E-state index contributed by atoms with van der Waals surface area (Å²) in [6.45, 7) is 0.660. The first kappa shape index (κ1) is 13.7. The van der Waals surface area contributed by atoms with E-state index in [0.717, 1.165) is 10.2 Å². The van der Waals surface area contributed by atoms with Crippen molar-refractivity contribution < 1.29 is 10.2 Å². The average Bonchev–Trinajstić information content (AvgIpc) is 2.73. The number of thiazole rings is 1. The lowest BCUT2D eigenvalue weighted by atomic mass is 10.0. The molecule has 0 fully saturated rings. The van der Waals surface area contributed by atoms with Gasteiger partial charge in [-0.1, -0.05) is 17.7 Å². The molecule has 0 bridgehead atoms. The molecule has 2 rings (SSSR count). The smallest absolute Gasteiger partial charge is 0.184 e. The largest absolute Gasteiger partial charge is 0.390 e. The van der Waals surface area contributed by atoms with E-state index in [0.29, 0.717) is 23.0 Å². The molecular weight excluding hydrogens is 272 g/mol. The van der Waals surface area contributed by atoms with E-state index in [1.54, 1.807) is 12.1 Å². The van der Waals surface area contributed by atoms with Crippen LogP contribution in [0.1, 0.15) is 18.1 Å². The summed E-state index contributed by atoms with van der Waals surface area (Å²) < 4.78 is 1.39. The van der Waals surface area contributed by atoms with Crippen molar-refractivity contribution in [3.8, 4) is 0 Å². The molecule has 6 heteroatoms. The van der Waals surface area contributed by atoms with E-state index in [-0.39, 0.29) is 0 Å². The maximum atomic E-state index is 10.1. The molecule has 1 heterocycles. The Bertz CT molecular complexity index is 532. The van der Waals surface area contributed by atoms with Gasteiger partial charge in [0, 0.05) is 0 Å². The highest BCUT2D eigenvalue weighted by atomic mass is 35.5. The molecule has 98 valence electrons. The minimum Gasteiger partial charge on any atom is -0.390 e. The van der Waals surface area contributed by atoms with Gasteiger partial charge in [0.2, 0.25) is 0 Å². The highest BCUT2D eigenvalue weighted by molar-refractivity contribution is 7.22. The van der Waals surface area contributed by atoms with Gasteiger partial charge in [0.15, 0.2) is 4.47 Å². The summed E-state index contributed by atoms with van der Waals surface area (Å²) in [5.41, 5.74) is 1.50. The van der Waals surface area contributed by atoms with Gasteiger partial charge in [0.05, 0.1) is 16.3 Å². The summed E-state index contributed by atoms with van der Waals surface area (Å²) in [5, 5.41) is 22.8. The number of fused-ring (bicyclic) bond motifs is 1. The fourth-order valence-electron chi connectivity index (χ4n) is 1.77. The quantitative estimate of drug-likeness (QED) is 0.786. The molecule has 0 amide bonds. The average molecular weight is 287 g/mol. The number of aliphatic hydroxyl groups is 2. The molecule has 0 radical (unpaired) electrons. The van der Waals surface area contributed by atoms with Crippen molar-refractivity contribution in [1.29, 1.82) is 0 Å². The molecule has 0 saturated heterocycles. The lowest BCUT2D eigenvalue weighted by Crippen LogP contribution is -2.23. The topological polar surface area (TPSA) is 65.4 Å². The number of nitrogens with one attached hydrogen (secondary N) is 1. The van der Waals surface area contributed by atoms with Gasteiger partial charge in [0.25, 0.3) is 0 Å². The van der Waals surface area contributed by atoms with Crippen LogP contribution in [-0.2, 0) is 0 Å². The molecule has 3 N–H and O–H groups in total. The Kier molecular flexibility index (Phi) is 4.53. The molecule has 0 aliphatic heterocycles. The van der Waals surface area contributed by atoms with Crippen LogP contribution < -0.4 is 5.32 Å². The SMILES string of the molecule is CNCCC(O)C(O)c1ccc2nc(Cl)sc2c1. The highest BCUT2D eigenvalue weighted by Gasteiger charge is 2.18. The molecule has 4 nitrogen and oxygen atoms in total. The number of hydrogen-bond acceptors (Lipinski definition) is 5. The second-order valence-electron chi connectivity index (χ2n) is 4.10. The van der Waals surface area contributed by atoms with Crippen LogP contribution in [0.15, 0.2) is 18.2 Å². The van der Waals surface area contributed by atoms with Crippen molar-refractivity contribution in [3.63, 3.8) is 0 Å². The molecule has 1 aromatic carbocycles. The molecular formula is C12H15ClN2O2S. The predicted molar refractivity (Wildman–Crippen MR) is 74.1 cm³/mol. The monoisotopic (exact) mass is 286 g/mol. The van der Waals surface area contributed by atoms with Crippen LogP contribution in [0, 0.1) is 0 Å². The third-order valence-corrected chi connectivity index (χ3v) is 3.91. The van der Waals surface area contributed by atoms with Crippen LogP contribution in [-0.4, -0.2) is 34.9 Å². The van der Waals surface area contributed by atoms with Gasteiger partial charge in [-0.25, -0.2) is 4.98 Å². The molecule has 2 unspecified atom stereocenters. The number of aromatic nitrogens is 1. The van der Waals surface area contributed by atoms with Gasteiger partial charge < -0.3 is 15.5 Å². The van der Waals surface area contributed by atoms with Crippen molar-refractivity contribution in [2.75, 3.05) is 13.6 Å². The minimum absolute atomic E-state index is 0.479. The molecule has 0 aliphatic carbocycles. The number of hydrogen-bond donors (Lipinski definition) is 3. The van der Waals surface area contributed by atoms with Crippen molar-refractivity contribution in [1.82, 2.24) is 10.3 Å². The lowest BCUT2D eigenvalue weighted by molar-refractivity contribution is 0.0141. The zero-order chi connectivity index (χ0) is 13.1. The molecule has 0 aliphatic rings. The first-order chi connectivity index (χ1) is 8.61. The zero-order valence-corrected chi connectivity index (χ0v) is 11.5. The van der Waals surface area contributed by atoms with Crippen LogP contribution >= 0.6 is 22.9 Å². The van der Waals surface area contributed by atoms with Gasteiger partial charge >= 0.3 is 0 Å². The second-order valence-corrected chi connectivity index (χ2v) is 5.71. The molecule has 1 aromatic heterocycles. The van der Waals surface area contributed by atoms with Gasteiger partial charge in [0.1, 0.15) is 6.10 Å². The maximum absolute atomic E-state index is 10.1. The standard InChI is InChI=1S/C12H15ClN2O2S/c1-14-5-4-9(16)11(17)7-2-3-8-10(6-7)18-12(13)15-8/h2-3,6,9,11,14,16-17H,4-5H2,1H3. The van der Waals surface area contributed by atoms with E-state index in [9.17, 15) is 10.2 Å². The third kappa shape index (κ3) is 2.99. The summed E-state index contributed by atoms with van der Waals surface area (Å²) in [7, 11) is 1.81. The van der Waals surface area contributed by atoms with E-state index in [1.165, 1.54) is 11.3 Å². The van der Waals surface area contributed by atoms with E-state index < -0.39 is 12.2 Å². The van der Waals surface area contributed by atoms with Crippen molar-refractivity contribution in [2.24, 2.45) is 0 Å². The van der Waals surface area contributed by atoms with Gasteiger partial charge in [-0.3, -0.25) is 0 Å². The van der Waals surface area contributed by atoms with Gasteiger partial charge in [-0.05, 0) is 37.7 Å². The van der Waals surface area contributed by atoms with Crippen LogP contribution in [0.4, 0.5) is 0 Å². The number of benzene rings is 1. The van der Waals surface area contributed by atoms with Crippen LogP contribution in [0.3, 0.4) is 0 Å². The van der Waals surface area contributed by atoms with Crippen LogP contribution in [0.2, 0.25) is 4.47 Å². The van der Waals surface area contributed by atoms with Crippen molar-refractivity contribution >= 4 is 33.2 Å². The van der Waals surface area contributed by atoms with E-state index in [1.807, 2.05) is 13.1 Å². The lowest BCUT2D eigenvalue weighted by Gasteiger charge is -2.17. The number of rotatable bonds is 5. The number of aliphatic hydroxyl groups excluding tert-OH is 2. The fourth-order valence-corrected chi connectivity index (χ4v) is 2.85. The first-order valence-electron chi connectivity index (χ1n) is 5.68. The molecule has 2 aromatic rings. The van der Waals surface area contributed by atoms with E-state index in [4.69, 9.17) is 11.6 Å². The summed E-state index contributed by atoms with van der Waals surface area (Å²) in [6, 6.07) is 5.40. The van der Waals surface area contributed by atoms with E-state index >= 15 is 0 Å². The molecule has 2 atom stereocenters. The minimum atomic E-state index is -0.886. The molecule has 0 saturated carbocycles. The van der Waals surface area contributed by atoms with Crippen LogP contribution in [0.5, 0.6) is 0 Å². The summed E-state index contributed by atoms with van der Waals surface area (Å²) in [4.78, 5) is 4.14. The first-order valence-corrected chi connectivity index (χ1v) is 6.88. The second kappa shape index (κ2) is 5.95. The molecule has 18 heavy (non-hydrogen) atoms. The Morgan fingerprint density at radius 2 is 2.22 bits per heavy atom. The third-order valence-electron chi connectivity index (χ3n) is 2.78. The molecule has 0 spiro atoms. The fraction of sp³-hybridized carbons (Fsp3) is 0.417. The normalized spacial score (nSPS) is 14.9.